The highest BCUT2D eigenvalue weighted by Crippen LogP contribution is 2.28. The fraction of sp³-hybridized carbons (Fsp3) is 0.176. The first-order chi connectivity index (χ1) is 11.0. The normalized spacial score (nSPS) is 11.1. The molecule has 4 nitrogen and oxygen atoms in total. The van der Waals surface area contributed by atoms with Gasteiger partial charge in [0, 0.05) is 22.9 Å². The van der Waals surface area contributed by atoms with Crippen molar-refractivity contribution in [3.8, 4) is 11.3 Å². The zero-order valence-electron chi connectivity index (χ0n) is 12.7. The van der Waals surface area contributed by atoms with Crippen LogP contribution < -0.4 is 9.46 Å². The second-order valence-corrected chi connectivity index (χ2v) is 6.86. The number of aromatic nitrogens is 2. The van der Waals surface area contributed by atoms with Crippen molar-refractivity contribution < 1.29 is 9.46 Å². The minimum absolute atomic E-state index is 0.363. The van der Waals surface area contributed by atoms with Crippen LogP contribution in [0.5, 0.6) is 0 Å². The van der Waals surface area contributed by atoms with Crippen molar-refractivity contribution in [2.75, 3.05) is 5.75 Å². The Morgan fingerprint density at radius 3 is 2.35 bits per heavy atom. The lowest BCUT2D eigenvalue weighted by Gasteiger charge is -2.13. The Kier molecular flexibility index (Phi) is 4.33. The quantitative estimate of drug-likeness (QED) is 0.411. The predicted octanol–water partition coefficient (Wildman–Crippen LogP) is 3.85. The largest absolute Gasteiger partial charge is 0.617 e. The van der Waals surface area contributed by atoms with E-state index in [0.29, 0.717) is 38.1 Å². The summed E-state index contributed by atoms with van der Waals surface area (Å²) in [5.41, 5.74) is 2.71. The zero-order chi connectivity index (χ0) is 16.6. The molecule has 23 heavy (non-hydrogen) atoms. The van der Waals surface area contributed by atoms with E-state index < -0.39 is 0 Å². The Labute approximate surface area is 143 Å². The number of halogens is 1. The van der Waals surface area contributed by atoms with Gasteiger partial charge in [-0.1, -0.05) is 24.6 Å². The summed E-state index contributed by atoms with van der Waals surface area (Å²) in [6.45, 7) is 3.84. The lowest BCUT2D eigenvalue weighted by molar-refractivity contribution is -0.653. The first-order valence-electron chi connectivity index (χ1n) is 7.21. The Morgan fingerprint density at radius 1 is 1.00 bits per heavy atom. The Hall–Kier alpha value is -1.98. The summed E-state index contributed by atoms with van der Waals surface area (Å²) in [5.74, 6) is 0.695. The van der Waals surface area contributed by atoms with Crippen molar-refractivity contribution in [3.63, 3.8) is 0 Å². The highest BCUT2D eigenvalue weighted by molar-refractivity contribution is 7.99. The Morgan fingerprint density at radius 2 is 1.70 bits per heavy atom. The van der Waals surface area contributed by atoms with E-state index in [-0.39, 0.29) is 0 Å². The Balaban J connectivity index is 2.40. The molecule has 0 saturated heterocycles. The average Bonchev–Trinajstić information content (AvgIpc) is 2.54. The number of thioether (sulfide) groups is 1. The van der Waals surface area contributed by atoms with Crippen LogP contribution in [0.1, 0.15) is 12.5 Å². The minimum atomic E-state index is 0.363. The molecule has 0 amide bonds. The van der Waals surface area contributed by atoms with Gasteiger partial charge in [0.2, 0.25) is 0 Å². The Bertz CT molecular complexity index is 882. The van der Waals surface area contributed by atoms with E-state index in [1.54, 1.807) is 36.4 Å². The van der Waals surface area contributed by atoms with Crippen LogP contribution in [0.4, 0.5) is 0 Å². The molecule has 0 aliphatic carbocycles. The van der Waals surface area contributed by atoms with Crippen LogP contribution in [0.25, 0.3) is 22.3 Å². The molecule has 0 aliphatic heterocycles. The molecule has 0 saturated carbocycles. The number of rotatable bonds is 3. The van der Waals surface area contributed by atoms with E-state index in [9.17, 15) is 10.4 Å². The number of hydrogen-bond donors (Lipinski definition) is 0. The molecule has 0 fully saturated rings. The fourth-order valence-corrected chi connectivity index (χ4v) is 3.45. The minimum Gasteiger partial charge on any atom is -0.617 e. The lowest BCUT2D eigenvalue weighted by atomic mass is 10.1. The molecule has 1 heterocycles. The van der Waals surface area contributed by atoms with Crippen molar-refractivity contribution in [1.29, 1.82) is 0 Å². The van der Waals surface area contributed by atoms with Crippen LogP contribution in [0.2, 0.25) is 5.02 Å². The van der Waals surface area contributed by atoms with Gasteiger partial charge in [0.05, 0.1) is 5.56 Å². The maximum atomic E-state index is 12.9. The molecule has 2 aromatic carbocycles. The molecule has 118 valence electrons. The number of hydrogen-bond acceptors (Lipinski definition) is 3. The van der Waals surface area contributed by atoms with Gasteiger partial charge in [0.1, 0.15) is 0 Å². The second-order valence-electron chi connectivity index (χ2n) is 5.17. The van der Waals surface area contributed by atoms with E-state index in [1.807, 2.05) is 19.9 Å². The topological polar surface area (TPSA) is 53.9 Å². The van der Waals surface area contributed by atoms with Gasteiger partial charge >= 0.3 is 10.7 Å². The maximum Gasteiger partial charge on any atom is 0.326 e. The monoisotopic (exact) mass is 346 g/mol. The van der Waals surface area contributed by atoms with Gasteiger partial charge in [-0.15, -0.1) is 4.73 Å². The van der Waals surface area contributed by atoms with E-state index in [4.69, 9.17) is 11.6 Å². The summed E-state index contributed by atoms with van der Waals surface area (Å²) in [6, 6.07) is 12.2. The average molecular weight is 347 g/mol. The van der Waals surface area contributed by atoms with Crippen molar-refractivity contribution in [2.24, 2.45) is 0 Å². The molecular formula is C17H15ClN2O2S. The second kappa shape index (κ2) is 6.26. The number of fused-ring (bicyclic) bond motifs is 1. The molecule has 0 atom stereocenters. The number of nitrogens with zero attached hydrogens (tertiary/aromatic N) is 2. The van der Waals surface area contributed by atoms with Crippen molar-refractivity contribution in [3.05, 3.63) is 63.5 Å². The summed E-state index contributed by atoms with van der Waals surface area (Å²) in [5, 5.41) is 26.7. The summed E-state index contributed by atoms with van der Waals surface area (Å²) in [4.78, 5) is 0. The predicted molar refractivity (Wildman–Crippen MR) is 93.4 cm³/mol. The van der Waals surface area contributed by atoms with Gasteiger partial charge in [-0.05, 0) is 48.5 Å². The molecule has 3 rings (SSSR count). The van der Waals surface area contributed by atoms with Crippen molar-refractivity contribution >= 4 is 34.4 Å². The third kappa shape index (κ3) is 2.82. The summed E-state index contributed by atoms with van der Waals surface area (Å²) in [6.07, 6.45) is 0. The first kappa shape index (κ1) is 15.9. The molecule has 0 unspecified atom stereocenters. The molecule has 1 aromatic heterocycles. The van der Waals surface area contributed by atoms with E-state index >= 15 is 0 Å². The SMILES string of the molecule is CCSc1c(-c2ccc(Cl)cc2)[n+]([O-])c2cc(C)ccc2[n+]1[O-]. The van der Waals surface area contributed by atoms with Crippen molar-refractivity contribution in [1.82, 2.24) is 0 Å². The van der Waals surface area contributed by atoms with Crippen LogP contribution in [0.3, 0.4) is 0 Å². The molecular weight excluding hydrogens is 332 g/mol. The van der Waals surface area contributed by atoms with Gasteiger partial charge in [0.15, 0.2) is 0 Å². The van der Waals surface area contributed by atoms with E-state index in [0.717, 1.165) is 15.0 Å². The van der Waals surface area contributed by atoms with Crippen LogP contribution in [0, 0.1) is 17.3 Å². The smallest absolute Gasteiger partial charge is 0.326 e. The molecule has 0 N–H and O–H groups in total. The fourth-order valence-electron chi connectivity index (χ4n) is 2.49. The van der Waals surface area contributed by atoms with Crippen LogP contribution in [-0.2, 0) is 0 Å². The zero-order valence-corrected chi connectivity index (χ0v) is 14.3. The molecule has 0 radical (unpaired) electrons. The lowest BCUT2D eigenvalue weighted by Crippen LogP contribution is -2.42. The molecule has 6 heteroatoms. The number of benzene rings is 2. The van der Waals surface area contributed by atoms with Crippen LogP contribution >= 0.6 is 23.4 Å². The van der Waals surface area contributed by atoms with Crippen LogP contribution in [-0.4, -0.2) is 5.75 Å². The summed E-state index contributed by atoms with van der Waals surface area (Å²) >= 11 is 7.29. The highest BCUT2D eigenvalue weighted by Gasteiger charge is 2.29. The van der Waals surface area contributed by atoms with Gasteiger partial charge in [-0.3, -0.25) is 0 Å². The van der Waals surface area contributed by atoms with E-state index in [1.165, 1.54) is 11.8 Å². The molecule has 0 aliphatic rings. The molecule has 0 bridgehead atoms. The number of aryl methyl sites for hydroxylation is 1. The summed E-state index contributed by atoms with van der Waals surface area (Å²) < 4.78 is 1.69. The third-order valence-corrected chi connectivity index (χ3v) is 4.73. The van der Waals surface area contributed by atoms with E-state index in [2.05, 4.69) is 0 Å². The van der Waals surface area contributed by atoms with Gasteiger partial charge in [0.25, 0.3) is 11.0 Å². The van der Waals surface area contributed by atoms with Crippen molar-refractivity contribution in [2.45, 2.75) is 18.9 Å². The third-order valence-electron chi connectivity index (χ3n) is 3.56. The van der Waals surface area contributed by atoms with Gasteiger partial charge in [-0.2, -0.15) is 4.73 Å². The maximum absolute atomic E-state index is 12.9. The molecule has 3 aromatic rings. The summed E-state index contributed by atoms with van der Waals surface area (Å²) in [7, 11) is 0. The van der Waals surface area contributed by atoms with Crippen LogP contribution in [0.15, 0.2) is 47.5 Å². The molecule has 0 spiro atoms. The first-order valence-corrected chi connectivity index (χ1v) is 8.57. The van der Waals surface area contributed by atoms with Gasteiger partial charge in [-0.25, -0.2) is 0 Å². The standard InChI is InChI=1S/C17H15ClN2O2S/c1-3-23-17-16(12-5-7-13(18)8-6-12)19(21)15-10-11(2)4-9-14(15)20(17)22/h4-10H,3H2,1-2H3. The van der Waals surface area contributed by atoms with Gasteiger partial charge < -0.3 is 10.4 Å². The highest BCUT2D eigenvalue weighted by atomic mass is 35.5.